The third kappa shape index (κ3) is 2.91. The summed E-state index contributed by atoms with van der Waals surface area (Å²) in [7, 11) is 0. The first-order chi connectivity index (χ1) is 9.43. The van der Waals surface area contributed by atoms with Crippen LogP contribution in [0.3, 0.4) is 0 Å². The van der Waals surface area contributed by atoms with E-state index in [0.717, 1.165) is 12.8 Å². The van der Waals surface area contributed by atoms with Gasteiger partial charge in [-0.05, 0) is 12.8 Å². The van der Waals surface area contributed by atoms with Crippen molar-refractivity contribution in [2.45, 2.75) is 12.8 Å². The Kier molecular flexibility index (Phi) is 3.95. The summed E-state index contributed by atoms with van der Waals surface area (Å²) in [6, 6.07) is 2.68. The van der Waals surface area contributed by atoms with Crippen LogP contribution in [0.25, 0.3) is 0 Å². The second kappa shape index (κ2) is 5.51. The fourth-order valence-electron chi connectivity index (χ4n) is 1.62. The van der Waals surface area contributed by atoms with Gasteiger partial charge in [-0.2, -0.15) is 5.26 Å². The molecule has 20 heavy (non-hydrogen) atoms. The number of hydrogen-bond donors (Lipinski definition) is 2. The third-order valence-corrected chi connectivity index (χ3v) is 3.11. The number of rotatable bonds is 3. The predicted octanol–water partition coefficient (Wildman–Crippen LogP) is 3.59. The lowest BCUT2D eigenvalue weighted by molar-refractivity contribution is 0.377. The van der Waals surface area contributed by atoms with Crippen molar-refractivity contribution >= 4 is 22.9 Å². The van der Waals surface area contributed by atoms with Gasteiger partial charge < -0.3 is 10.4 Å². The van der Waals surface area contributed by atoms with Crippen molar-refractivity contribution in [2.75, 3.05) is 5.32 Å². The van der Waals surface area contributed by atoms with Gasteiger partial charge in [0.1, 0.15) is 33.9 Å². The first-order valence-electron chi connectivity index (χ1n) is 5.73. The van der Waals surface area contributed by atoms with Crippen LogP contribution in [0.2, 0.25) is 0 Å². The lowest BCUT2D eigenvalue weighted by Gasteiger charge is -2.10. The number of thiocarbonyl (C=S) groups is 1. The van der Waals surface area contributed by atoms with Gasteiger partial charge in [-0.15, -0.1) is 0 Å². The zero-order chi connectivity index (χ0) is 14.9. The van der Waals surface area contributed by atoms with Gasteiger partial charge in [-0.25, -0.2) is 13.2 Å². The second-order valence-corrected chi connectivity index (χ2v) is 4.75. The maximum atomic E-state index is 13.4. The van der Waals surface area contributed by atoms with Crippen LogP contribution in [-0.2, 0) is 0 Å². The van der Waals surface area contributed by atoms with E-state index in [1.165, 1.54) is 0 Å². The van der Waals surface area contributed by atoms with Gasteiger partial charge in [0.05, 0.1) is 0 Å². The van der Waals surface area contributed by atoms with Gasteiger partial charge in [-0.1, -0.05) is 12.2 Å². The molecule has 1 aromatic rings. The van der Waals surface area contributed by atoms with E-state index in [1.54, 1.807) is 6.07 Å². The molecule has 0 amide bonds. The molecule has 0 aliphatic heterocycles. The van der Waals surface area contributed by atoms with Crippen LogP contribution in [0, 0.1) is 34.7 Å². The number of anilines is 1. The smallest absolute Gasteiger partial charge is 0.152 e. The highest BCUT2D eigenvalue weighted by atomic mass is 32.1. The largest absolute Gasteiger partial charge is 0.511 e. The van der Waals surface area contributed by atoms with Crippen LogP contribution >= 0.6 is 12.2 Å². The van der Waals surface area contributed by atoms with Gasteiger partial charge in [0.25, 0.3) is 0 Å². The maximum absolute atomic E-state index is 13.4. The number of allylic oxidation sites excluding steroid dienone is 1. The normalized spacial score (nSPS) is 15.3. The average Bonchev–Trinajstić information content (AvgIpc) is 3.18. The van der Waals surface area contributed by atoms with Crippen molar-refractivity contribution in [2.24, 2.45) is 5.92 Å². The number of hydrogen-bond acceptors (Lipinski definition) is 3. The number of benzene rings is 1. The minimum Gasteiger partial charge on any atom is -0.511 e. The van der Waals surface area contributed by atoms with Crippen LogP contribution in [0.4, 0.5) is 18.9 Å². The Bertz CT molecular complexity index is 625. The summed E-state index contributed by atoms with van der Waals surface area (Å²) < 4.78 is 39.7. The van der Waals surface area contributed by atoms with E-state index < -0.39 is 23.1 Å². The van der Waals surface area contributed by atoms with Gasteiger partial charge in [0, 0.05) is 18.1 Å². The summed E-state index contributed by atoms with van der Waals surface area (Å²) >= 11 is 4.85. The molecule has 1 aliphatic rings. The van der Waals surface area contributed by atoms with E-state index >= 15 is 0 Å². The number of aliphatic hydroxyl groups excluding tert-OH is 1. The van der Waals surface area contributed by atoms with Crippen LogP contribution in [0.5, 0.6) is 0 Å². The van der Waals surface area contributed by atoms with Crippen LogP contribution < -0.4 is 5.32 Å². The lowest BCUT2D eigenvalue weighted by atomic mass is 10.1. The topological polar surface area (TPSA) is 56.0 Å². The molecule has 1 saturated carbocycles. The van der Waals surface area contributed by atoms with Crippen LogP contribution in [-0.4, -0.2) is 10.1 Å². The molecule has 1 aromatic carbocycles. The Balaban J connectivity index is 2.28. The monoisotopic (exact) mass is 298 g/mol. The highest BCUT2D eigenvalue weighted by Crippen LogP contribution is 2.36. The number of nitriles is 1. The quantitative estimate of drug-likeness (QED) is 0.387. The van der Waals surface area contributed by atoms with E-state index in [9.17, 15) is 18.3 Å². The average molecular weight is 298 g/mol. The highest BCUT2D eigenvalue weighted by Gasteiger charge is 2.30. The number of nitrogens with one attached hydrogen (secondary N) is 1. The molecular weight excluding hydrogens is 289 g/mol. The first-order valence-corrected chi connectivity index (χ1v) is 6.14. The summed E-state index contributed by atoms with van der Waals surface area (Å²) in [4.78, 5) is -0.304. The Morgan fingerprint density at radius 1 is 1.30 bits per heavy atom. The highest BCUT2D eigenvalue weighted by molar-refractivity contribution is 7.81. The molecule has 0 saturated heterocycles. The minimum absolute atomic E-state index is 0.132. The van der Waals surface area contributed by atoms with Crippen LogP contribution in [0.15, 0.2) is 23.5 Å². The van der Waals surface area contributed by atoms with E-state index in [4.69, 9.17) is 17.5 Å². The van der Waals surface area contributed by atoms with Crippen molar-refractivity contribution in [3.8, 4) is 6.07 Å². The van der Waals surface area contributed by atoms with E-state index in [1.807, 2.05) is 0 Å². The standard InChI is InChI=1S/C13H9F3N2OS/c14-7-3-9(15)11(10(16)4-7)18-13(20)8(5-17)12(19)6-1-2-6/h3-4,6,19H,1-2H2,(H,18,20)/b12-8-. The van der Waals surface area contributed by atoms with Gasteiger partial charge in [-0.3, -0.25) is 0 Å². The molecule has 1 fully saturated rings. The van der Waals surface area contributed by atoms with Crippen molar-refractivity contribution < 1.29 is 18.3 Å². The SMILES string of the molecule is N#C/C(C(=S)Nc1c(F)cc(F)cc1F)=C(/O)C1CC1. The summed E-state index contributed by atoms with van der Waals surface area (Å²) in [5.74, 6) is -3.73. The van der Waals surface area contributed by atoms with E-state index in [-0.39, 0.29) is 22.2 Å². The van der Waals surface area contributed by atoms with Crippen molar-refractivity contribution in [1.82, 2.24) is 0 Å². The molecule has 2 rings (SSSR count). The van der Waals surface area contributed by atoms with Crippen molar-refractivity contribution in [3.63, 3.8) is 0 Å². The fourth-order valence-corrected chi connectivity index (χ4v) is 1.88. The fraction of sp³-hybridized carbons (Fsp3) is 0.231. The molecular formula is C13H9F3N2OS. The second-order valence-electron chi connectivity index (χ2n) is 4.34. The van der Waals surface area contributed by atoms with Crippen LogP contribution in [0.1, 0.15) is 12.8 Å². The zero-order valence-electron chi connectivity index (χ0n) is 10.1. The Hall–Kier alpha value is -2.07. The molecule has 0 aromatic heterocycles. The molecule has 0 heterocycles. The predicted molar refractivity (Wildman–Crippen MR) is 70.5 cm³/mol. The lowest BCUT2D eigenvalue weighted by Crippen LogP contribution is -2.16. The molecule has 0 radical (unpaired) electrons. The van der Waals surface area contributed by atoms with E-state index in [0.29, 0.717) is 12.1 Å². The molecule has 0 spiro atoms. The molecule has 1 aliphatic carbocycles. The molecule has 104 valence electrons. The Morgan fingerprint density at radius 3 is 2.30 bits per heavy atom. The minimum atomic E-state index is -1.17. The summed E-state index contributed by atoms with van der Waals surface area (Å²) in [6.45, 7) is 0. The molecule has 7 heteroatoms. The van der Waals surface area contributed by atoms with E-state index in [2.05, 4.69) is 5.32 Å². The Morgan fingerprint density at radius 2 is 1.85 bits per heavy atom. The number of aliphatic hydroxyl groups is 1. The Labute approximate surface area is 118 Å². The molecule has 3 nitrogen and oxygen atoms in total. The maximum Gasteiger partial charge on any atom is 0.152 e. The summed E-state index contributed by atoms with van der Waals surface area (Å²) in [6.07, 6.45) is 1.47. The zero-order valence-corrected chi connectivity index (χ0v) is 10.9. The molecule has 2 N–H and O–H groups in total. The first kappa shape index (κ1) is 14.3. The number of halogens is 3. The summed E-state index contributed by atoms with van der Waals surface area (Å²) in [5, 5.41) is 20.9. The summed E-state index contributed by atoms with van der Waals surface area (Å²) in [5.41, 5.74) is -0.890. The molecule has 0 atom stereocenters. The third-order valence-electron chi connectivity index (χ3n) is 2.80. The van der Waals surface area contributed by atoms with Gasteiger partial charge in [0.2, 0.25) is 0 Å². The van der Waals surface area contributed by atoms with Crippen molar-refractivity contribution in [1.29, 1.82) is 5.26 Å². The van der Waals surface area contributed by atoms with Crippen molar-refractivity contribution in [3.05, 3.63) is 40.9 Å². The van der Waals surface area contributed by atoms with Gasteiger partial charge in [0.15, 0.2) is 11.6 Å². The van der Waals surface area contributed by atoms with Gasteiger partial charge >= 0.3 is 0 Å². The molecule has 0 unspecified atom stereocenters. The number of nitrogens with zero attached hydrogens (tertiary/aromatic N) is 1. The molecule has 0 bridgehead atoms.